The van der Waals surface area contributed by atoms with Crippen molar-refractivity contribution in [1.82, 2.24) is 5.32 Å². The predicted molar refractivity (Wildman–Crippen MR) is 74.3 cm³/mol. The van der Waals surface area contributed by atoms with E-state index in [4.69, 9.17) is 4.74 Å². The van der Waals surface area contributed by atoms with Gasteiger partial charge in [-0.1, -0.05) is 26.2 Å². The monoisotopic (exact) mass is 241 g/mol. The third-order valence-electron chi connectivity index (χ3n) is 4.70. The third kappa shape index (κ3) is 4.97. The number of nitrogens with one attached hydrogen (secondary N) is 1. The highest BCUT2D eigenvalue weighted by Crippen LogP contribution is 2.33. The summed E-state index contributed by atoms with van der Waals surface area (Å²) in [5.41, 5.74) is 0. The molecule has 0 bridgehead atoms. The molecule has 0 aromatic heterocycles. The molecule has 0 spiro atoms. The molecule has 1 aliphatic rings. The Bertz CT molecular complexity index is 187. The zero-order valence-electron chi connectivity index (χ0n) is 12.2. The molecule has 0 aromatic rings. The predicted octanol–water partition coefficient (Wildman–Crippen LogP) is 3.61. The maximum absolute atomic E-state index is 5.34. The van der Waals surface area contributed by atoms with Crippen LogP contribution in [0.2, 0.25) is 0 Å². The van der Waals surface area contributed by atoms with Gasteiger partial charge in [-0.05, 0) is 51.5 Å². The molecule has 0 saturated heterocycles. The SMILES string of the molecule is CCC1CCC(C(CCC(C)OC)NC)CC1. The summed E-state index contributed by atoms with van der Waals surface area (Å²) in [5.74, 6) is 1.90. The second-order valence-corrected chi connectivity index (χ2v) is 5.71. The van der Waals surface area contributed by atoms with Crippen LogP contribution in [0.4, 0.5) is 0 Å². The highest BCUT2D eigenvalue weighted by Gasteiger charge is 2.26. The molecule has 0 aromatic carbocycles. The number of rotatable bonds is 7. The summed E-state index contributed by atoms with van der Waals surface area (Å²) in [6.45, 7) is 4.50. The van der Waals surface area contributed by atoms with Gasteiger partial charge in [0.05, 0.1) is 6.10 Å². The van der Waals surface area contributed by atoms with Crippen molar-refractivity contribution in [3.05, 3.63) is 0 Å². The van der Waals surface area contributed by atoms with Crippen LogP contribution in [0.15, 0.2) is 0 Å². The molecular formula is C15H31NO. The standard InChI is InChI=1S/C15H31NO/c1-5-13-7-9-14(10-8-13)15(16-3)11-6-12(2)17-4/h12-16H,5-11H2,1-4H3. The number of ether oxygens (including phenoxy) is 1. The fraction of sp³-hybridized carbons (Fsp3) is 1.00. The van der Waals surface area contributed by atoms with E-state index in [9.17, 15) is 0 Å². The van der Waals surface area contributed by atoms with Crippen molar-refractivity contribution in [2.75, 3.05) is 14.2 Å². The maximum atomic E-state index is 5.34. The second-order valence-electron chi connectivity index (χ2n) is 5.71. The Hall–Kier alpha value is -0.0800. The molecule has 1 aliphatic carbocycles. The van der Waals surface area contributed by atoms with Gasteiger partial charge >= 0.3 is 0 Å². The van der Waals surface area contributed by atoms with Gasteiger partial charge in [0.2, 0.25) is 0 Å². The molecule has 1 saturated carbocycles. The summed E-state index contributed by atoms with van der Waals surface area (Å²) in [5, 5.41) is 3.53. The van der Waals surface area contributed by atoms with Crippen LogP contribution in [0.3, 0.4) is 0 Å². The van der Waals surface area contributed by atoms with Crippen LogP contribution in [0.25, 0.3) is 0 Å². The molecule has 1 rings (SSSR count). The first-order chi connectivity index (χ1) is 8.21. The molecule has 102 valence electrons. The van der Waals surface area contributed by atoms with Crippen LogP contribution in [0.1, 0.15) is 58.8 Å². The molecule has 1 fully saturated rings. The quantitative estimate of drug-likeness (QED) is 0.735. The zero-order chi connectivity index (χ0) is 12.7. The minimum absolute atomic E-state index is 0.401. The van der Waals surface area contributed by atoms with Crippen molar-refractivity contribution >= 4 is 0 Å². The average Bonchev–Trinajstić information content (AvgIpc) is 2.39. The van der Waals surface area contributed by atoms with E-state index in [-0.39, 0.29) is 0 Å². The largest absolute Gasteiger partial charge is 0.382 e. The number of methoxy groups -OCH3 is 1. The topological polar surface area (TPSA) is 21.3 Å². The Morgan fingerprint density at radius 1 is 1.18 bits per heavy atom. The van der Waals surface area contributed by atoms with E-state index in [0.29, 0.717) is 12.1 Å². The lowest BCUT2D eigenvalue weighted by Crippen LogP contribution is -2.36. The lowest BCUT2D eigenvalue weighted by Gasteiger charge is -2.34. The van der Waals surface area contributed by atoms with Gasteiger partial charge < -0.3 is 10.1 Å². The van der Waals surface area contributed by atoms with Crippen molar-refractivity contribution in [2.24, 2.45) is 11.8 Å². The Morgan fingerprint density at radius 3 is 2.29 bits per heavy atom. The average molecular weight is 241 g/mol. The van der Waals surface area contributed by atoms with E-state index < -0.39 is 0 Å². The number of hydrogen-bond donors (Lipinski definition) is 1. The van der Waals surface area contributed by atoms with Crippen LogP contribution >= 0.6 is 0 Å². The van der Waals surface area contributed by atoms with Gasteiger partial charge in [-0.25, -0.2) is 0 Å². The van der Waals surface area contributed by atoms with Crippen LogP contribution in [-0.2, 0) is 4.74 Å². The minimum atomic E-state index is 0.401. The highest BCUT2D eigenvalue weighted by atomic mass is 16.5. The van der Waals surface area contributed by atoms with Gasteiger partial charge in [0.1, 0.15) is 0 Å². The summed E-state index contributed by atoms with van der Waals surface area (Å²) in [6, 6.07) is 0.699. The van der Waals surface area contributed by atoms with Gasteiger partial charge in [0, 0.05) is 13.2 Å². The summed E-state index contributed by atoms with van der Waals surface area (Å²) in [4.78, 5) is 0. The molecule has 0 amide bonds. The molecule has 2 unspecified atom stereocenters. The summed E-state index contributed by atoms with van der Waals surface area (Å²) in [6.07, 6.45) is 9.94. The third-order valence-corrected chi connectivity index (χ3v) is 4.70. The van der Waals surface area contributed by atoms with Gasteiger partial charge in [0.15, 0.2) is 0 Å². The first-order valence-corrected chi connectivity index (χ1v) is 7.41. The Kier molecular flexibility index (Phi) is 7.14. The van der Waals surface area contributed by atoms with E-state index in [1.54, 1.807) is 0 Å². The Labute approximate surface area is 108 Å². The first kappa shape index (κ1) is 15.0. The molecule has 2 atom stereocenters. The maximum Gasteiger partial charge on any atom is 0.0543 e. The van der Waals surface area contributed by atoms with E-state index in [0.717, 1.165) is 11.8 Å². The van der Waals surface area contributed by atoms with Crippen molar-refractivity contribution in [2.45, 2.75) is 70.9 Å². The highest BCUT2D eigenvalue weighted by molar-refractivity contribution is 4.81. The zero-order valence-corrected chi connectivity index (χ0v) is 12.2. The lowest BCUT2D eigenvalue weighted by atomic mass is 9.76. The molecule has 2 heteroatoms. The molecule has 17 heavy (non-hydrogen) atoms. The Morgan fingerprint density at radius 2 is 1.82 bits per heavy atom. The fourth-order valence-electron chi connectivity index (χ4n) is 3.15. The van der Waals surface area contributed by atoms with Crippen molar-refractivity contribution in [3.63, 3.8) is 0 Å². The Balaban J connectivity index is 2.30. The van der Waals surface area contributed by atoms with Crippen molar-refractivity contribution < 1.29 is 4.74 Å². The number of hydrogen-bond acceptors (Lipinski definition) is 2. The smallest absolute Gasteiger partial charge is 0.0543 e. The van der Waals surface area contributed by atoms with Crippen molar-refractivity contribution in [1.29, 1.82) is 0 Å². The van der Waals surface area contributed by atoms with E-state index >= 15 is 0 Å². The summed E-state index contributed by atoms with van der Waals surface area (Å²) < 4.78 is 5.34. The lowest BCUT2D eigenvalue weighted by molar-refractivity contribution is 0.101. The first-order valence-electron chi connectivity index (χ1n) is 7.41. The summed E-state index contributed by atoms with van der Waals surface area (Å²) >= 11 is 0. The molecule has 0 aliphatic heterocycles. The van der Waals surface area contributed by atoms with E-state index in [1.165, 1.54) is 44.9 Å². The van der Waals surface area contributed by atoms with Crippen LogP contribution in [0.5, 0.6) is 0 Å². The van der Waals surface area contributed by atoms with Crippen LogP contribution in [-0.4, -0.2) is 26.3 Å². The summed E-state index contributed by atoms with van der Waals surface area (Å²) in [7, 11) is 3.93. The van der Waals surface area contributed by atoms with E-state index in [2.05, 4.69) is 26.2 Å². The fourth-order valence-corrected chi connectivity index (χ4v) is 3.15. The molecule has 0 radical (unpaired) electrons. The minimum Gasteiger partial charge on any atom is -0.382 e. The normalized spacial score (nSPS) is 28.9. The molecular weight excluding hydrogens is 210 g/mol. The van der Waals surface area contributed by atoms with Gasteiger partial charge in [-0.2, -0.15) is 0 Å². The van der Waals surface area contributed by atoms with Crippen molar-refractivity contribution in [3.8, 4) is 0 Å². The van der Waals surface area contributed by atoms with E-state index in [1.807, 2.05) is 7.11 Å². The molecule has 1 N–H and O–H groups in total. The van der Waals surface area contributed by atoms with Gasteiger partial charge in [-0.15, -0.1) is 0 Å². The van der Waals surface area contributed by atoms with Gasteiger partial charge in [0.25, 0.3) is 0 Å². The van der Waals surface area contributed by atoms with Gasteiger partial charge in [-0.3, -0.25) is 0 Å². The molecule has 2 nitrogen and oxygen atoms in total. The van der Waals surface area contributed by atoms with Crippen LogP contribution in [0, 0.1) is 11.8 Å². The molecule has 0 heterocycles. The second kappa shape index (κ2) is 8.10. The van der Waals surface area contributed by atoms with Crippen LogP contribution < -0.4 is 5.32 Å².